The van der Waals surface area contributed by atoms with Crippen molar-refractivity contribution in [1.82, 2.24) is 4.98 Å². The highest BCUT2D eigenvalue weighted by atomic mass is 28.3. The van der Waals surface area contributed by atoms with Crippen LogP contribution in [0.25, 0.3) is 0 Å². The van der Waals surface area contributed by atoms with E-state index in [1.165, 1.54) is 0 Å². The molecule has 0 aromatic rings. The first-order valence-electron chi connectivity index (χ1n) is 3.19. The lowest BCUT2D eigenvalue weighted by Gasteiger charge is -2.09. The second kappa shape index (κ2) is 3.97. The van der Waals surface area contributed by atoms with Crippen LogP contribution in [0.3, 0.4) is 0 Å². The summed E-state index contributed by atoms with van der Waals surface area (Å²) in [5.74, 6) is 0. The minimum atomic E-state index is -3.97. The zero-order chi connectivity index (χ0) is 8.20. The molecule has 0 aromatic heterocycles. The van der Waals surface area contributed by atoms with Crippen molar-refractivity contribution in [3.8, 4) is 0 Å². The SMILES string of the molecule is CN[SiH](C)CCC(F)(F)F. The summed E-state index contributed by atoms with van der Waals surface area (Å²) in [4.78, 5) is 2.88. The van der Waals surface area contributed by atoms with Gasteiger partial charge in [-0.05, 0) is 13.1 Å². The number of rotatable bonds is 3. The molecule has 0 aliphatic heterocycles. The van der Waals surface area contributed by atoms with Crippen molar-refractivity contribution < 1.29 is 13.2 Å². The Kier molecular flexibility index (Phi) is 3.96. The summed E-state index contributed by atoms with van der Waals surface area (Å²) in [5.41, 5.74) is 0. The van der Waals surface area contributed by atoms with Crippen LogP contribution in [0.2, 0.25) is 12.6 Å². The first kappa shape index (κ1) is 9.97. The van der Waals surface area contributed by atoms with Crippen LogP contribution in [0.15, 0.2) is 0 Å². The highest BCUT2D eigenvalue weighted by molar-refractivity contribution is 6.54. The summed E-state index contributed by atoms with van der Waals surface area (Å²) in [5, 5.41) is 0. The maximum atomic E-state index is 11.5. The van der Waals surface area contributed by atoms with Gasteiger partial charge in [0.25, 0.3) is 0 Å². The second-order valence-electron chi connectivity index (χ2n) is 2.34. The fourth-order valence-electron chi connectivity index (χ4n) is 0.525. The van der Waals surface area contributed by atoms with Crippen molar-refractivity contribution in [2.45, 2.75) is 25.2 Å². The van der Waals surface area contributed by atoms with Crippen molar-refractivity contribution in [3.05, 3.63) is 0 Å². The van der Waals surface area contributed by atoms with Crippen molar-refractivity contribution in [2.75, 3.05) is 7.05 Å². The molecule has 0 fully saturated rings. The van der Waals surface area contributed by atoms with Gasteiger partial charge in [-0.1, -0.05) is 6.55 Å². The van der Waals surface area contributed by atoms with Gasteiger partial charge in [0.1, 0.15) is 8.96 Å². The van der Waals surface area contributed by atoms with Crippen LogP contribution in [0.4, 0.5) is 13.2 Å². The van der Waals surface area contributed by atoms with Gasteiger partial charge in [-0.15, -0.1) is 0 Å². The molecular formula is C5H12F3NSi. The Balaban J connectivity index is 3.36. The molecule has 0 bridgehead atoms. The lowest BCUT2D eigenvalue weighted by Crippen LogP contribution is -2.27. The van der Waals surface area contributed by atoms with Crippen molar-refractivity contribution in [3.63, 3.8) is 0 Å². The van der Waals surface area contributed by atoms with E-state index in [1.807, 2.05) is 6.55 Å². The Bertz CT molecular complexity index is 93.4. The lowest BCUT2D eigenvalue weighted by molar-refractivity contribution is -0.130. The van der Waals surface area contributed by atoms with Crippen LogP contribution in [0.5, 0.6) is 0 Å². The van der Waals surface area contributed by atoms with E-state index in [0.29, 0.717) is 6.04 Å². The van der Waals surface area contributed by atoms with Gasteiger partial charge in [-0.3, -0.25) is 0 Å². The summed E-state index contributed by atoms with van der Waals surface area (Å²) in [6.07, 6.45) is -4.61. The molecular weight excluding hydrogens is 159 g/mol. The van der Waals surface area contributed by atoms with Crippen LogP contribution in [0.1, 0.15) is 6.42 Å². The first-order valence-corrected chi connectivity index (χ1v) is 5.74. The van der Waals surface area contributed by atoms with Gasteiger partial charge in [0, 0.05) is 6.42 Å². The van der Waals surface area contributed by atoms with Crippen molar-refractivity contribution in [2.24, 2.45) is 0 Å². The fraction of sp³-hybridized carbons (Fsp3) is 1.00. The van der Waals surface area contributed by atoms with Crippen LogP contribution in [0, 0.1) is 0 Å². The van der Waals surface area contributed by atoms with Gasteiger partial charge in [0.15, 0.2) is 0 Å². The van der Waals surface area contributed by atoms with Crippen LogP contribution < -0.4 is 4.98 Å². The summed E-state index contributed by atoms with van der Waals surface area (Å²) < 4.78 is 34.6. The molecule has 5 heteroatoms. The lowest BCUT2D eigenvalue weighted by atomic mass is 10.5. The molecule has 1 nitrogen and oxygen atoms in total. The molecule has 10 heavy (non-hydrogen) atoms. The molecule has 0 rings (SSSR count). The van der Waals surface area contributed by atoms with Gasteiger partial charge in [-0.2, -0.15) is 13.2 Å². The molecule has 0 aliphatic carbocycles. The monoisotopic (exact) mass is 171 g/mol. The molecule has 0 saturated carbocycles. The van der Waals surface area contributed by atoms with E-state index in [4.69, 9.17) is 0 Å². The number of alkyl halides is 3. The summed E-state index contributed by atoms with van der Waals surface area (Å²) >= 11 is 0. The van der Waals surface area contributed by atoms with Crippen molar-refractivity contribution in [1.29, 1.82) is 0 Å². The second-order valence-corrected chi connectivity index (χ2v) is 5.30. The van der Waals surface area contributed by atoms with Gasteiger partial charge in [0.2, 0.25) is 0 Å². The van der Waals surface area contributed by atoms with Crippen LogP contribution in [-0.4, -0.2) is 22.2 Å². The highest BCUT2D eigenvalue weighted by Gasteiger charge is 2.27. The van der Waals surface area contributed by atoms with E-state index >= 15 is 0 Å². The van der Waals surface area contributed by atoms with E-state index < -0.39 is 21.6 Å². The molecule has 1 unspecified atom stereocenters. The summed E-state index contributed by atoms with van der Waals surface area (Å²) in [6.45, 7) is 1.87. The molecule has 0 radical (unpaired) electrons. The van der Waals surface area contributed by atoms with Gasteiger partial charge >= 0.3 is 6.18 Å². The molecule has 1 N–H and O–H groups in total. The largest absolute Gasteiger partial charge is 0.388 e. The Morgan fingerprint density at radius 3 is 2.20 bits per heavy atom. The number of halogens is 3. The normalized spacial score (nSPS) is 15.3. The van der Waals surface area contributed by atoms with E-state index in [1.54, 1.807) is 7.05 Å². The Morgan fingerprint density at radius 1 is 1.40 bits per heavy atom. The summed E-state index contributed by atoms with van der Waals surface area (Å²) in [7, 11) is 0.464. The Hall–Kier alpha value is -0.0331. The van der Waals surface area contributed by atoms with E-state index in [-0.39, 0.29) is 0 Å². The highest BCUT2D eigenvalue weighted by Crippen LogP contribution is 2.21. The van der Waals surface area contributed by atoms with Gasteiger partial charge in [-0.25, -0.2) is 0 Å². The maximum absolute atomic E-state index is 11.5. The predicted molar refractivity (Wildman–Crippen MR) is 37.6 cm³/mol. The first-order chi connectivity index (χ1) is 4.45. The Morgan fingerprint density at radius 2 is 1.90 bits per heavy atom. The van der Waals surface area contributed by atoms with E-state index in [0.717, 1.165) is 0 Å². The quantitative estimate of drug-likeness (QED) is 0.635. The maximum Gasteiger partial charge on any atom is 0.388 e. The minimum absolute atomic E-state index is 0.292. The molecule has 0 aliphatic rings. The number of hydrogen-bond acceptors (Lipinski definition) is 1. The molecule has 0 spiro atoms. The van der Waals surface area contributed by atoms with Crippen molar-refractivity contribution >= 4 is 8.96 Å². The molecule has 0 aromatic carbocycles. The third-order valence-electron chi connectivity index (χ3n) is 1.35. The zero-order valence-corrected chi connectivity index (χ0v) is 7.28. The molecule has 0 heterocycles. The Labute approximate surface area is 60.3 Å². The van der Waals surface area contributed by atoms with E-state index in [2.05, 4.69) is 4.98 Å². The molecule has 0 amide bonds. The van der Waals surface area contributed by atoms with Gasteiger partial charge < -0.3 is 4.98 Å². The molecule has 1 atom stereocenters. The average molecular weight is 171 g/mol. The summed E-state index contributed by atoms with van der Waals surface area (Å²) in [6, 6.07) is 0.292. The standard InChI is InChI=1S/C5H12F3NSi/c1-9-10(2)4-3-5(6,7)8/h9-10H,3-4H2,1-2H3. The van der Waals surface area contributed by atoms with Gasteiger partial charge in [0.05, 0.1) is 0 Å². The number of nitrogens with one attached hydrogen (secondary N) is 1. The number of hydrogen-bond donors (Lipinski definition) is 1. The average Bonchev–Trinajstić information content (AvgIpc) is 1.81. The third-order valence-corrected chi connectivity index (χ3v) is 3.49. The predicted octanol–water partition coefficient (Wildman–Crippen LogP) is 1.51. The van der Waals surface area contributed by atoms with Crippen LogP contribution >= 0.6 is 0 Å². The zero-order valence-electron chi connectivity index (χ0n) is 6.13. The fourth-order valence-corrected chi connectivity index (χ4v) is 1.57. The minimum Gasteiger partial charge on any atom is -0.342 e. The van der Waals surface area contributed by atoms with E-state index in [9.17, 15) is 13.2 Å². The topological polar surface area (TPSA) is 12.0 Å². The van der Waals surface area contributed by atoms with Crippen LogP contribution in [-0.2, 0) is 0 Å². The third kappa shape index (κ3) is 6.09. The molecule has 0 saturated heterocycles. The smallest absolute Gasteiger partial charge is 0.342 e. The molecule has 62 valence electrons.